The maximum absolute atomic E-state index is 5.94. The van der Waals surface area contributed by atoms with E-state index in [1.165, 1.54) is 71.9 Å². The summed E-state index contributed by atoms with van der Waals surface area (Å²) < 4.78 is 5.94. The van der Waals surface area contributed by atoms with Crippen LogP contribution < -0.4 is 10.1 Å². The smallest absolute Gasteiger partial charge is 0.133 e. The number of anilines is 3. The molecule has 12 rings (SSSR count). The van der Waals surface area contributed by atoms with Crippen LogP contribution in [0.4, 0.5) is 17.1 Å². The van der Waals surface area contributed by atoms with Crippen LogP contribution in [0.25, 0.3) is 33.2 Å². The van der Waals surface area contributed by atoms with E-state index < -0.39 is 18.9 Å². The summed E-state index contributed by atoms with van der Waals surface area (Å²) in [5.41, 5.74) is 18.3. The normalized spacial score (nSPS) is 15.7. The van der Waals surface area contributed by atoms with Gasteiger partial charge in [-0.15, -0.1) is 0 Å². The molecular weight excluding hydrogens is 827 g/mol. The molecule has 2 aliphatic carbocycles. The van der Waals surface area contributed by atoms with Crippen LogP contribution in [0.15, 0.2) is 235 Å². The third-order valence-corrected chi connectivity index (χ3v) is 21.3. The average Bonchev–Trinajstić information content (AvgIpc) is 4.05. The van der Waals surface area contributed by atoms with Crippen molar-refractivity contribution in [2.45, 2.75) is 49.7 Å². The Hall–Kier alpha value is -7.46. The van der Waals surface area contributed by atoms with Gasteiger partial charge in [-0.3, -0.25) is 0 Å². The fourth-order valence-electron chi connectivity index (χ4n) is 11.6. The molecule has 0 amide bonds. The highest BCUT2D eigenvalue weighted by atomic mass is 28.3. The molecule has 0 radical (unpaired) electrons. The van der Waals surface area contributed by atoms with Gasteiger partial charge in [-0.1, -0.05) is 215 Å². The molecule has 0 spiro atoms. The maximum atomic E-state index is 5.94. The monoisotopic (exact) mass is 879 g/mol. The van der Waals surface area contributed by atoms with Crippen molar-refractivity contribution < 1.29 is 4.42 Å². The summed E-state index contributed by atoms with van der Waals surface area (Å²) in [5, 5.41) is 2.76. The van der Waals surface area contributed by atoms with Gasteiger partial charge in [0.25, 0.3) is 0 Å². The van der Waals surface area contributed by atoms with Gasteiger partial charge in [0.15, 0.2) is 0 Å². The molecule has 0 fully saturated rings. The second kappa shape index (κ2) is 15.3. The zero-order chi connectivity index (χ0) is 45.5. The van der Waals surface area contributed by atoms with Gasteiger partial charge < -0.3 is 9.32 Å². The second-order valence-corrected chi connectivity index (χ2v) is 25.4. The molecule has 0 saturated carbocycles. The fraction of sp³-hybridized carbons (Fsp3) is 0.125. The summed E-state index contributed by atoms with van der Waals surface area (Å²) in [6.07, 6.45) is 1.79. The Bertz CT molecular complexity index is 3430. The Kier molecular flexibility index (Phi) is 9.36. The highest BCUT2D eigenvalue weighted by Gasteiger charge is 2.48. The molecule has 3 heteroatoms. The molecule has 1 unspecified atom stereocenters. The van der Waals surface area contributed by atoms with Gasteiger partial charge >= 0.3 is 0 Å². The quantitative estimate of drug-likeness (QED) is 0.141. The topological polar surface area (TPSA) is 16.4 Å². The number of rotatable bonds is 8. The molecule has 67 heavy (non-hydrogen) atoms. The molecule has 2 aliphatic rings. The lowest BCUT2D eigenvalue weighted by atomic mass is 9.67. The van der Waals surface area contributed by atoms with Crippen molar-refractivity contribution in [3.63, 3.8) is 0 Å². The van der Waals surface area contributed by atoms with Crippen LogP contribution in [0.1, 0.15) is 65.3 Å². The van der Waals surface area contributed by atoms with Gasteiger partial charge in [0.2, 0.25) is 0 Å². The molecule has 0 aliphatic heterocycles. The van der Waals surface area contributed by atoms with Gasteiger partial charge in [0.1, 0.15) is 5.58 Å². The summed E-state index contributed by atoms with van der Waals surface area (Å²) in [4.78, 5) is 2.47. The first kappa shape index (κ1) is 41.0. The Morgan fingerprint density at radius 3 is 1.27 bits per heavy atom. The molecule has 0 bridgehead atoms. The molecule has 0 saturated heterocycles. The van der Waals surface area contributed by atoms with Crippen LogP contribution in [0.3, 0.4) is 0 Å². The summed E-state index contributed by atoms with van der Waals surface area (Å²) in [7, 11) is -1.80. The largest absolute Gasteiger partial charge is 0.464 e. The molecule has 9 aromatic carbocycles. The van der Waals surface area contributed by atoms with E-state index in [4.69, 9.17) is 4.42 Å². The van der Waals surface area contributed by atoms with Crippen molar-refractivity contribution in [1.29, 1.82) is 0 Å². The third-order valence-electron chi connectivity index (χ3n) is 15.8. The first-order valence-corrected chi connectivity index (χ1v) is 26.7. The first-order chi connectivity index (χ1) is 32.6. The molecule has 0 N–H and O–H groups in total. The van der Waals surface area contributed by atoms with Gasteiger partial charge in [-0.05, 0) is 120 Å². The Labute approximate surface area is 395 Å². The van der Waals surface area contributed by atoms with Gasteiger partial charge in [-0.2, -0.15) is 0 Å². The Balaban J connectivity index is 1.12. The number of fused-ring (bicyclic) bond motifs is 7. The van der Waals surface area contributed by atoms with E-state index in [-0.39, 0.29) is 5.04 Å². The summed E-state index contributed by atoms with van der Waals surface area (Å²) in [5.74, 6) is 0. The van der Waals surface area contributed by atoms with Crippen LogP contribution in [0.5, 0.6) is 0 Å². The second-order valence-electron chi connectivity index (χ2n) is 20.1. The van der Waals surface area contributed by atoms with E-state index in [1.54, 1.807) is 6.26 Å². The highest BCUT2D eigenvalue weighted by Crippen LogP contribution is 2.59. The minimum Gasteiger partial charge on any atom is -0.464 e. The number of hydrogen-bond acceptors (Lipinski definition) is 2. The van der Waals surface area contributed by atoms with E-state index in [9.17, 15) is 0 Å². The van der Waals surface area contributed by atoms with Gasteiger partial charge in [-0.25, -0.2) is 0 Å². The van der Waals surface area contributed by atoms with Crippen molar-refractivity contribution in [3.8, 4) is 22.3 Å². The van der Waals surface area contributed by atoms with Crippen LogP contribution >= 0.6 is 0 Å². The maximum Gasteiger partial charge on any atom is 0.133 e. The molecule has 1 aromatic heterocycles. The third kappa shape index (κ3) is 6.00. The van der Waals surface area contributed by atoms with E-state index in [1.807, 2.05) is 0 Å². The average molecular weight is 880 g/mol. The van der Waals surface area contributed by atoms with Crippen molar-refractivity contribution in [3.05, 3.63) is 275 Å². The van der Waals surface area contributed by atoms with Gasteiger partial charge in [0, 0.05) is 22.4 Å². The lowest BCUT2D eigenvalue weighted by molar-refractivity contribution is 0.616. The molecule has 1 heterocycles. The van der Waals surface area contributed by atoms with Crippen molar-refractivity contribution in [2.24, 2.45) is 0 Å². The van der Waals surface area contributed by atoms with Crippen LogP contribution in [-0.4, -0.2) is 8.07 Å². The summed E-state index contributed by atoms with van der Waals surface area (Å²) >= 11 is 0. The summed E-state index contributed by atoms with van der Waals surface area (Å²) in [6, 6.07) is 84.3. The number of hydrogen-bond donors (Lipinski definition) is 0. The summed E-state index contributed by atoms with van der Waals surface area (Å²) in [6.45, 7) is 12.2. The lowest BCUT2D eigenvalue weighted by Gasteiger charge is -2.38. The van der Waals surface area contributed by atoms with Gasteiger partial charge in [0.05, 0.1) is 25.2 Å². The van der Waals surface area contributed by atoms with Crippen LogP contribution in [0, 0.1) is 0 Å². The van der Waals surface area contributed by atoms with Crippen molar-refractivity contribution >= 4 is 41.3 Å². The zero-order valence-electron chi connectivity index (χ0n) is 38.8. The van der Waals surface area contributed by atoms with Crippen LogP contribution in [-0.2, 0) is 10.8 Å². The number of benzene rings is 9. The highest BCUT2D eigenvalue weighted by molar-refractivity contribution is 6.92. The minimum absolute atomic E-state index is 0.220. The SMILES string of the molecule is CC(C)(C)[Si](C)(C)c1ccc(C2(c3ccccc3)c3ccccc3-c3ccc(N(c4ccc5c(c4)C(c4ccccc4)(c4ccccc4)c4ccccc4-5)c4ccc5occc5c4)cc32)cc1. The standard InChI is InChI=1S/C64H53NOSi/c1-62(2,3)67(4,5)52-34-29-48(30-35-52)64(47-23-13-8-14-24-47)58-28-18-16-26-54(58)56-37-32-51(43-60(56)64)65(49-33-38-61-44(41-49)39-40-66-61)50-31-36-55-53-25-15-17-27-57(53)63(59(55)42-50,45-19-9-6-10-20-45)46-21-11-7-12-22-46/h6-43H,1-5H3. The molecule has 10 aromatic rings. The lowest BCUT2D eigenvalue weighted by Crippen LogP contribution is -2.49. The van der Waals surface area contributed by atoms with Crippen LogP contribution in [0.2, 0.25) is 18.1 Å². The van der Waals surface area contributed by atoms with E-state index in [0.29, 0.717) is 0 Å². The van der Waals surface area contributed by atoms with E-state index in [2.05, 4.69) is 263 Å². The minimum atomic E-state index is -1.80. The molecular formula is C64H53NOSi. The van der Waals surface area contributed by atoms with E-state index in [0.717, 1.165) is 28.0 Å². The molecule has 1 atom stereocenters. The zero-order valence-corrected chi connectivity index (χ0v) is 39.8. The fourth-order valence-corrected chi connectivity index (χ4v) is 13.4. The predicted molar refractivity (Wildman–Crippen MR) is 282 cm³/mol. The Morgan fingerprint density at radius 2 is 0.791 bits per heavy atom. The van der Waals surface area contributed by atoms with E-state index >= 15 is 0 Å². The van der Waals surface area contributed by atoms with Crippen molar-refractivity contribution in [1.82, 2.24) is 0 Å². The number of furan rings is 1. The first-order valence-electron chi connectivity index (χ1n) is 23.7. The molecule has 2 nitrogen and oxygen atoms in total. The number of nitrogens with zero attached hydrogens (tertiary/aromatic N) is 1. The Morgan fingerprint density at radius 1 is 0.388 bits per heavy atom. The predicted octanol–water partition coefficient (Wildman–Crippen LogP) is 16.3. The van der Waals surface area contributed by atoms with Crippen molar-refractivity contribution in [2.75, 3.05) is 4.90 Å². The molecule has 324 valence electrons.